The van der Waals surface area contributed by atoms with E-state index < -0.39 is 18.4 Å². The Balaban J connectivity index is 1.80. The van der Waals surface area contributed by atoms with Crippen molar-refractivity contribution in [1.82, 2.24) is 0 Å². The largest absolute Gasteiger partial charge is 0.392 e. The van der Waals surface area contributed by atoms with Crippen LogP contribution in [0.5, 0.6) is 0 Å². The van der Waals surface area contributed by atoms with Crippen LogP contribution in [0.15, 0.2) is 12.2 Å². The minimum Gasteiger partial charge on any atom is -0.392 e. The average molecular weight is 401 g/mol. The van der Waals surface area contributed by atoms with E-state index in [0.29, 0.717) is 19.3 Å². The molecule has 6 atom stereocenters. The maximum atomic E-state index is 13.2. The highest BCUT2D eigenvalue weighted by Gasteiger charge is 2.47. The molecule has 0 aromatic heterocycles. The summed E-state index contributed by atoms with van der Waals surface area (Å²) in [4.78, 5) is 11.1. The van der Waals surface area contributed by atoms with Gasteiger partial charge in [0.05, 0.1) is 23.9 Å². The monoisotopic (exact) mass is 400 g/mol. The predicted molar refractivity (Wildman–Crippen MR) is 106 cm³/mol. The summed E-state index contributed by atoms with van der Waals surface area (Å²) in [6.07, 6.45) is 10.4. The number of aliphatic hydroxyl groups is 3. The molecule has 0 radical (unpaired) electrons. The molecular formula is C22H37FO5. The summed E-state index contributed by atoms with van der Waals surface area (Å²) in [5, 5.41) is 29.5. The van der Waals surface area contributed by atoms with Gasteiger partial charge in [0.2, 0.25) is 0 Å². The molecule has 1 aliphatic carbocycles. The first-order valence-electron chi connectivity index (χ1n) is 10.8. The zero-order valence-electron chi connectivity index (χ0n) is 17.1. The molecule has 28 heavy (non-hydrogen) atoms. The van der Waals surface area contributed by atoms with Gasteiger partial charge in [0.25, 0.3) is 0 Å². The lowest BCUT2D eigenvalue weighted by Crippen LogP contribution is -2.30. The van der Waals surface area contributed by atoms with Crippen molar-refractivity contribution in [2.24, 2.45) is 11.8 Å². The lowest BCUT2D eigenvalue weighted by atomic mass is 9.88. The van der Waals surface area contributed by atoms with Gasteiger partial charge in [-0.3, -0.25) is 4.79 Å². The fourth-order valence-electron chi connectivity index (χ4n) is 4.58. The van der Waals surface area contributed by atoms with Gasteiger partial charge < -0.3 is 20.1 Å². The second-order valence-electron chi connectivity index (χ2n) is 8.61. The van der Waals surface area contributed by atoms with Crippen molar-refractivity contribution in [3.8, 4) is 0 Å². The lowest BCUT2D eigenvalue weighted by Gasteiger charge is -2.24. The summed E-state index contributed by atoms with van der Waals surface area (Å²) in [5.41, 5.74) is -1.30. The first-order chi connectivity index (χ1) is 13.4. The van der Waals surface area contributed by atoms with Crippen LogP contribution in [0.1, 0.15) is 71.1 Å². The third-order valence-corrected chi connectivity index (χ3v) is 6.30. The molecule has 2 rings (SSSR count). The topological polar surface area (TPSA) is 87.0 Å². The number of ether oxygens (including phenoxy) is 1. The van der Waals surface area contributed by atoms with E-state index in [1.165, 1.54) is 0 Å². The summed E-state index contributed by atoms with van der Waals surface area (Å²) in [6.45, 7) is 0.886. The van der Waals surface area contributed by atoms with E-state index in [9.17, 15) is 19.4 Å². The Bertz CT molecular complexity index is 511. The van der Waals surface area contributed by atoms with E-state index in [4.69, 9.17) is 9.84 Å². The number of carbonyl (C=O) groups is 1. The molecular weight excluding hydrogens is 363 g/mol. The smallest absolute Gasteiger partial charge is 0.158 e. The number of carbonyl (C=O) groups excluding carboxylic acids is 1. The number of ketones is 1. The molecule has 0 aromatic carbocycles. The van der Waals surface area contributed by atoms with Crippen LogP contribution in [-0.2, 0) is 9.53 Å². The van der Waals surface area contributed by atoms with E-state index in [-0.39, 0.29) is 42.9 Å². The lowest BCUT2D eigenvalue weighted by molar-refractivity contribution is -0.121. The van der Waals surface area contributed by atoms with Crippen molar-refractivity contribution in [2.45, 2.75) is 95.0 Å². The molecule has 2 aliphatic rings. The van der Waals surface area contributed by atoms with Crippen LogP contribution in [0.3, 0.4) is 0 Å². The van der Waals surface area contributed by atoms with E-state index in [1.807, 2.05) is 19.1 Å². The van der Waals surface area contributed by atoms with Gasteiger partial charge >= 0.3 is 0 Å². The van der Waals surface area contributed by atoms with Gasteiger partial charge in [0, 0.05) is 18.8 Å². The molecule has 1 aliphatic heterocycles. The Kier molecular flexibility index (Phi) is 9.54. The Morgan fingerprint density at radius 2 is 2.07 bits per heavy atom. The second-order valence-corrected chi connectivity index (χ2v) is 8.61. The zero-order chi connectivity index (χ0) is 20.6. The molecule has 0 amide bonds. The van der Waals surface area contributed by atoms with Crippen LogP contribution in [0.2, 0.25) is 0 Å². The Labute approximate surface area is 168 Å². The van der Waals surface area contributed by atoms with Gasteiger partial charge in [-0.1, -0.05) is 38.3 Å². The minimum atomic E-state index is -1.30. The van der Waals surface area contributed by atoms with Crippen LogP contribution >= 0.6 is 0 Å². The maximum absolute atomic E-state index is 13.2. The Hall–Kier alpha value is -0.820. The third-order valence-electron chi connectivity index (χ3n) is 6.30. The first-order valence-corrected chi connectivity index (χ1v) is 10.8. The van der Waals surface area contributed by atoms with E-state index in [1.54, 1.807) is 0 Å². The number of hydrogen-bond acceptors (Lipinski definition) is 5. The molecule has 5 nitrogen and oxygen atoms in total. The van der Waals surface area contributed by atoms with Gasteiger partial charge in [-0.2, -0.15) is 0 Å². The normalized spacial score (nSPS) is 32.0. The van der Waals surface area contributed by atoms with Crippen molar-refractivity contribution in [2.75, 3.05) is 13.3 Å². The van der Waals surface area contributed by atoms with E-state index in [0.717, 1.165) is 38.5 Å². The van der Waals surface area contributed by atoms with E-state index in [2.05, 4.69) is 0 Å². The van der Waals surface area contributed by atoms with Crippen molar-refractivity contribution < 1.29 is 29.2 Å². The third kappa shape index (κ3) is 6.61. The van der Waals surface area contributed by atoms with Gasteiger partial charge in [-0.25, -0.2) is 4.39 Å². The molecule has 1 saturated carbocycles. The average Bonchev–Trinajstić information content (AvgIpc) is 3.20. The van der Waals surface area contributed by atoms with Crippen LogP contribution < -0.4 is 0 Å². The summed E-state index contributed by atoms with van der Waals surface area (Å²) in [7, 11) is 0. The van der Waals surface area contributed by atoms with Crippen LogP contribution in [0, 0.1) is 11.8 Å². The molecule has 0 spiro atoms. The summed E-state index contributed by atoms with van der Waals surface area (Å²) in [5.74, 6) is 0.121. The predicted octanol–water partition coefficient (Wildman–Crippen LogP) is 3.10. The highest BCUT2D eigenvalue weighted by atomic mass is 19.1. The molecule has 3 N–H and O–H groups in total. The molecule has 162 valence electrons. The van der Waals surface area contributed by atoms with Crippen molar-refractivity contribution in [3.05, 3.63) is 12.2 Å². The number of alkyl halides is 1. The van der Waals surface area contributed by atoms with Crippen LogP contribution in [0.4, 0.5) is 4.39 Å². The number of hydrogen-bond donors (Lipinski definition) is 3. The van der Waals surface area contributed by atoms with Crippen LogP contribution in [0.25, 0.3) is 0 Å². The number of rotatable bonds is 13. The van der Waals surface area contributed by atoms with Crippen molar-refractivity contribution >= 4 is 5.78 Å². The Morgan fingerprint density at radius 1 is 1.29 bits per heavy atom. The Morgan fingerprint density at radius 3 is 2.75 bits per heavy atom. The molecule has 0 bridgehead atoms. The molecule has 0 aromatic rings. The number of Topliss-reactive ketones (excluding diaryl/α,β-unsaturated/α-hetero) is 1. The number of halogens is 1. The molecule has 1 heterocycles. The number of aliphatic hydroxyl groups excluding tert-OH is 2. The molecule has 1 saturated heterocycles. The number of fused-ring (bicyclic) bond motifs is 1. The molecule has 2 unspecified atom stereocenters. The molecule has 6 heteroatoms. The SMILES string of the molecule is CCCCC(O)(CF)C/C=C/[C@@H]1[C@H]2CC(CCCCC(=O)CO)O[C@H]2C[C@H]1O. The molecule has 2 fully saturated rings. The minimum absolute atomic E-state index is 0.0130. The highest BCUT2D eigenvalue weighted by Crippen LogP contribution is 2.45. The summed E-state index contributed by atoms with van der Waals surface area (Å²) < 4.78 is 19.3. The summed E-state index contributed by atoms with van der Waals surface area (Å²) >= 11 is 0. The summed E-state index contributed by atoms with van der Waals surface area (Å²) in [6, 6.07) is 0. The van der Waals surface area contributed by atoms with Gasteiger partial charge in [0.1, 0.15) is 13.3 Å². The van der Waals surface area contributed by atoms with Crippen molar-refractivity contribution in [3.63, 3.8) is 0 Å². The van der Waals surface area contributed by atoms with Crippen molar-refractivity contribution in [1.29, 1.82) is 0 Å². The van der Waals surface area contributed by atoms with Gasteiger partial charge in [-0.15, -0.1) is 0 Å². The number of unbranched alkanes of at least 4 members (excludes halogenated alkanes) is 2. The van der Waals surface area contributed by atoms with Gasteiger partial charge in [0.15, 0.2) is 5.78 Å². The van der Waals surface area contributed by atoms with Gasteiger partial charge in [-0.05, 0) is 38.0 Å². The van der Waals surface area contributed by atoms with E-state index >= 15 is 0 Å². The highest BCUT2D eigenvalue weighted by molar-refractivity contribution is 5.79. The fourth-order valence-corrected chi connectivity index (χ4v) is 4.58. The first kappa shape index (κ1) is 23.5. The standard InChI is InChI=1S/C22H37FO5/c1-2-3-10-22(27,15-23)11-6-9-18-19-12-17(28-21(19)13-20(18)26)8-5-4-7-16(25)14-24/h6,9,17-21,24,26-27H,2-5,7-8,10-15H2,1H3/b9-6+/t17?,18-,19-,20-,21+,22?/m1/s1. The second kappa shape index (κ2) is 11.4. The fraction of sp³-hybridized carbons (Fsp3) is 0.864. The quantitative estimate of drug-likeness (QED) is 0.327. The van der Waals surface area contributed by atoms with Crippen LogP contribution in [-0.4, -0.2) is 58.3 Å². The zero-order valence-corrected chi connectivity index (χ0v) is 17.1. The maximum Gasteiger partial charge on any atom is 0.158 e.